The molecule has 0 N–H and O–H groups in total. The number of thioether (sulfide) groups is 1. The molecular formula is C15H13NOS. The Morgan fingerprint density at radius 2 is 1.61 bits per heavy atom. The van der Waals surface area contributed by atoms with E-state index < -0.39 is 0 Å². The van der Waals surface area contributed by atoms with Crippen LogP contribution in [0, 0.1) is 0 Å². The topological polar surface area (TPSA) is 21.6 Å². The van der Waals surface area contributed by atoms with E-state index in [2.05, 4.69) is 29.4 Å². The van der Waals surface area contributed by atoms with Gasteiger partial charge in [-0.15, -0.1) is 0 Å². The molecule has 0 aliphatic carbocycles. The van der Waals surface area contributed by atoms with Crippen LogP contribution in [0.2, 0.25) is 0 Å². The zero-order valence-corrected chi connectivity index (χ0v) is 10.6. The summed E-state index contributed by atoms with van der Waals surface area (Å²) in [6, 6.07) is 20.5. The van der Waals surface area contributed by atoms with E-state index in [1.54, 1.807) is 11.8 Å². The fourth-order valence-corrected chi connectivity index (χ4v) is 2.82. The van der Waals surface area contributed by atoms with E-state index in [9.17, 15) is 0 Å². The Morgan fingerprint density at radius 1 is 0.944 bits per heavy atom. The first kappa shape index (κ1) is 11.4. The lowest BCUT2D eigenvalue weighted by atomic mass is 10.1. The van der Waals surface area contributed by atoms with E-state index >= 15 is 0 Å². The van der Waals surface area contributed by atoms with E-state index in [0.717, 1.165) is 17.7 Å². The van der Waals surface area contributed by atoms with Crippen molar-refractivity contribution in [1.82, 2.24) is 0 Å². The molecule has 1 aliphatic heterocycles. The molecule has 3 heteroatoms. The van der Waals surface area contributed by atoms with Gasteiger partial charge in [0, 0.05) is 11.3 Å². The maximum absolute atomic E-state index is 5.47. The van der Waals surface area contributed by atoms with Crippen LogP contribution in [-0.2, 0) is 4.84 Å². The summed E-state index contributed by atoms with van der Waals surface area (Å²) in [6.07, 6.45) is 0.851. The van der Waals surface area contributed by atoms with Gasteiger partial charge in [-0.2, -0.15) is 0 Å². The van der Waals surface area contributed by atoms with Gasteiger partial charge in [0.1, 0.15) is 0 Å². The van der Waals surface area contributed by atoms with Gasteiger partial charge in [-0.1, -0.05) is 65.4 Å². The van der Waals surface area contributed by atoms with E-state index in [1.807, 2.05) is 36.4 Å². The molecule has 0 amide bonds. The van der Waals surface area contributed by atoms with Gasteiger partial charge in [0.2, 0.25) is 0 Å². The summed E-state index contributed by atoms with van der Waals surface area (Å²) in [7, 11) is 0. The first-order valence-electron chi connectivity index (χ1n) is 5.91. The lowest BCUT2D eigenvalue weighted by molar-refractivity contribution is 0.148. The van der Waals surface area contributed by atoms with Crippen LogP contribution in [0.1, 0.15) is 12.0 Å². The van der Waals surface area contributed by atoms with Crippen molar-refractivity contribution in [1.29, 1.82) is 0 Å². The number of hydrogen-bond donors (Lipinski definition) is 0. The van der Waals surface area contributed by atoms with Gasteiger partial charge >= 0.3 is 0 Å². The summed E-state index contributed by atoms with van der Waals surface area (Å²) in [5.74, 6) is 0. The van der Waals surface area contributed by atoms with Crippen molar-refractivity contribution in [3.8, 4) is 0 Å². The third-order valence-corrected chi connectivity index (χ3v) is 3.82. The quantitative estimate of drug-likeness (QED) is 0.828. The normalized spacial score (nSPS) is 18.2. The van der Waals surface area contributed by atoms with Gasteiger partial charge < -0.3 is 4.84 Å². The van der Waals surface area contributed by atoms with Crippen molar-refractivity contribution in [3.05, 3.63) is 66.2 Å². The predicted octanol–water partition coefficient (Wildman–Crippen LogP) is 3.93. The Morgan fingerprint density at radius 3 is 2.33 bits per heavy atom. The van der Waals surface area contributed by atoms with Crippen molar-refractivity contribution in [3.63, 3.8) is 0 Å². The minimum Gasteiger partial charge on any atom is -0.380 e. The van der Waals surface area contributed by atoms with Gasteiger partial charge in [-0.25, -0.2) is 0 Å². The standard InChI is InChI=1S/C15H13NOS/c1-3-7-12(8-4-1)14-11-15(17-16-14)18-13-9-5-2-6-10-13/h1-10,15H,11H2. The second kappa shape index (κ2) is 5.27. The lowest BCUT2D eigenvalue weighted by Gasteiger charge is -2.07. The monoisotopic (exact) mass is 255 g/mol. The molecule has 0 saturated carbocycles. The van der Waals surface area contributed by atoms with Crippen molar-refractivity contribution < 1.29 is 4.84 Å². The first-order valence-corrected chi connectivity index (χ1v) is 6.79. The maximum atomic E-state index is 5.47. The molecule has 18 heavy (non-hydrogen) atoms. The fourth-order valence-electron chi connectivity index (χ4n) is 1.87. The highest BCUT2D eigenvalue weighted by atomic mass is 32.2. The summed E-state index contributed by atoms with van der Waals surface area (Å²) >= 11 is 1.71. The molecule has 3 rings (SSSR count). The highest BCUT2D eigenvalue weighted by molar-refractivity contribution is 7.99. The molecule has 1 atom stereocenters. The molecule has 0 spiro atoms. The van der Waals surface area contributed by atoms with Gasteiger partial charge in [-0.05, 0) is 17.7 Å². The predicted molar refractivity (Wildman–Crippen MR) is 74.8 cm³/mol. The number of nitrogens with zero attached hydrogens (tertiary/aromatic N) is 1. The number of rotatable bonds is 3. The van der Waals surface area contributed by atoms with Gasteiger partial charge in [0.25, 0.3) is 0 Å². The molecule has 2 nitrogen and oxygen atoms in total. The molecule has 0 aromatic heterocycles. The second-order valence-electron chi connectivity index (χ2n) is 4.07. The molecule has 1 unspecified atom stereocenters. The highest BCUT2D eigenvalue weighted by Gasteiger charge is 2.22. The summed E-state index contributed by atoms with van der Waals surface area (Å²) in [5, 5.41) is 4.18. The smallest absolute Gasteiger partial charge is 0.183 e. The first-order chi connectivity index (χ1) is 8.92. The van der Waals surface area contributed by atoms with Crippen molar-refractivity contribution in [2.45, 2.75) is 16.8 Å². The molecule has 0 bridgehead atoms. The summed E-state index contributed by atoms with van der Waals surface area (Å²) in [5.41, 5.74) is 2.26. The van der Waals surface area contributed by atoms with E-state index in [4.69, 9.17) is 4.84 Å². The largest absolute Gasteiger partial charge is 0.380 e. The zero-order valence-electron chi connectivity index (χ0n) is 9.82. The van der Waals surface area contributed by atoms with Crippen molar-refractivity contribution in [2.75, 3.05) is 0 Å². The Bertz CT molecular complexity index is 539. The van der Waals surface area contributed by atoms with Crippen molar-refractivity contribution >= 4 is 17.5 Å². The Labute approximate surface area is 111 Å². The summed E-state index contributed by atoms with van der Waals surface area (Å²) in [6.45, 7) is 0. The van der Waals surface area contributed by atoms with Crippen molar-refractivity contribution in [2.24, 2.45) is 5.16 Å². The minimum absolute atomic E-state index is 0.0857. The Balaban J connectivity index is 1.65. The van der Waals surface area contributed by atoms with Crippen LogP contribution in [-0.4, -0.2) is 11.1 Å². The van der Waals surface area contributed by atoms with Gasteiger partial charge in [-0.3, -0.25) is 0 Å². The molecule has 1 heterocycles. The van der Waals surface area contributed by atoms with Crippen LogP contribution in [0.4, 0.5) is 0 Å². The molecule has 0 fully saturated rings. The second-order valence-corrected chi connectivity index (χ2v) is 5.31. The molecule has 0 radical (unpaired) electrons. The van der Waals surface area contributed by atoms with Crippen LogP contribution in [0.25, 0.3) is 0 Å². The molecule has 0 saturated heterocycles. The number of hydrogen-bond acceptors (Lipinski definition) is 3. The van der Waals surface area contributed by atoms with E-state index in [1.165, 1.54) is 4.90 Å². The third kappa shape index (κ3) is 2.57. The highest BCUT2D eigenvalue weighted by Crippen LogP contribution is 2.30. The molecule has 1 aliphatic rings. The molecule has 90 valence electrons. The molecule has 2 aromatic rings. The lowest BCUT2D eigenvalue weighted by Crippen LogP contribution is -2.03. The number of oxime groups is 1. The Kier molecular flexibility index (Phi) is 3.33. The minimum atomic E-state index is 0.0857. The number of benzene rings is 2. The van der Waals surface area contributed by atoms with Crippen LogP contribution >= 0.6 is 11.8 Å². The zero-order chi connectivity index (χ0) is 12.2. The van der Waals surface area contributed by atoms with Crippen LogP contribution in [0.5, 0.6) is 0 Å². The SMILES string of the molecule is c1ccc(SC2CC(c3ccccc3)=NO2)cc1. The third-order valence-electron chi connectivity index (χ3n) is 2.76. The van der Waals surface area contributed by atoms with Gasteiger partial charge in [0.15, 0.2) is 5.44 Å². The van der Waals surface area contributed by atoms with Gasteiger partial charge in [0.05, 0.1) is 5.71 Å². The molecule has 2 aromatic carbocycles. The van der Waals surface area contributed by atoms with Crippen LogP contribution < -0.4 is 0 Å². The van der Waals surface area contributed by atoms with E-state index in [0.29, 0.717) is 0 Å². The summed E-state index contributed by atoms with van der Waals surface area (Å²) < 4.78 is 0. The molecular weight excluding hydrogens is 242 g/mol. The average molecular weight is 255 g/mol. The van der Waals surface area contributed by atoms with Crippen LogP contribution in [0.15, 0.2) is 70.7 Å². The fraction of sp³-hybridized carbons (Fsp3) is 0.133. The summed E-state index contributed by atoms with van der Waals surface area (Å²) in [4.78, 5) is 6.69. The average Bonchev–Trinajstić information content (AvgIpc) is 2.89. The Hall–Kier alpha value is -1.74. The maximum Gasteiger partial charge on any atom is 0.183 e. The van der Waals surface area contributed by atoms with E-state index in [-0.39, 0.29) is 5.44 Å². The van der Waals surface area contributed by atoms with Crippen LogP contribution in [0.3, 0.4) is 0 Å².